The fourth-order valence-corrected chi connectivity index (χ4v) is 2.82. The third-order valence-corrected chi connectivity index (χ3v) is 4.24. The van der Waals surface area contributed by atoms with E-state index < -0.39 is 0 Å². The maximum Gasteiger partial charge on any atom is 0.103 e. The molecule has 0 heterocycles. The van der Waals surface area contributed by atoms with Crippen molar-refractivity contribution in [3.8, 4) is 6.07 Å². The molecule has 1 aliphatic carbocycles. The van der Waals surface area contributed by atoms with E-state index in [9.17, 15) is 5.26 Å². The van der Waals surface area contributed by atoms with E-state index in [-0.39, 0.29) is 5.54 Å². The number of nitrogens with one attached hydrogen (secondary N) is 1. The number of unbranched alkanes of at least 4 members (excludes halogenated alkanes) is 1. The normalized spacial score (nSPS) is 20.1. The van der Waals surface area contributed by atoms with Crippen molar-refractivity contribution in [1.29, 1.82) is 5.26 Å². The lowest BCUT2D eigenvalue weighted by Gasteiger charge is -2.23. The first-order valence-electron chi connectivity index (χ1n) is 8.48. The second-order valence-electron chi connectivity index (χ2n) is 6.31. The summed E-state index contributed by atoms with van der Waals surface area (Å²) in [6.45, 7) is 5.92. The van der Waals surface area contributed by atoms with Crippen molar-refractivity contribution in [2.75, 3.05) is 13.2 Å². The summed E-state index contributed by atoms with van der Waals surface area (Å²) in [6, 6.07) is 2.41. The summed E-state index contributed by atoms with van der Waals surface area (Å²) in [5, 5.41) is 12.6. The van der Waals surface area contributed by atoms with E-state index in [0.29, 0.717) is 6.10 Å². The maximum absolute atomic E-state index is 9.26. The minimum atomic E-state index is -0.363. The lowest BCUT2D eigenvalue weighted by Crippen LogP contribution is -2.41. The van der Waals surface area contributed by atoms with E-state index in [1.165, 1.54) is 38.5 Å². The van der Waals surface area contributed by atoms with Gasteiger partial charge in [0, 0.05) is 6.61 Å². The van der Waals surface area contributed by atoms with Gasteiger partial charge in [0.1, 0.15) is 5.54 Å². The standard InChI is InChI=1S/C17H32N2O/c1-3-13-19-17(2,15-18)12-8-9-14-20-16-10-6-4-5-7-11-16/h16,19H,3-14H2,1-2H3. The number of nitrogens with zero attached hydrogens (tertiary/aromatic N) is 1. The van der Waals surface area contributed by atoms with Crippen molar-refractivity contribution < 1.29 is 4.74 Å². The van der Waals surface area contributed by atoms with E-state index in [2.05, 4.69) is 18.3 Å². The summed E-state index contributed by atoms with van der Waals surface area (Å²) in [5.74, 6) is 0. The fourth-order valence-electron chi connectivity index (χ4n) is 2.82. The van der Waals surface area contributed by atoms with Crippen LogP contribution in [0.3, 0.4) is 0 Å². The third-order valence-electron chi connectivity index (χ3n) is 4.24. The Morgan fingerprint density at radius 2 is 1.90 bits per heavy atom. The van der Waals surface area contributed by atoms with Crippen LogP contribution in [0.1, 0.15) is 78.1 Å². The van der Waals surface area contributed by atoms with Crippen LogP contribution in [0.2, 0.25) is 0 Å². The van der Waals surface area contributed by atoms with E-state index in [1.807, 2.05) is 6.92 Å². The summed E-state index contributed by atoms with van der Waals surface area (Å²) < 4.78 is 5.99. The second kappa shape index (κ2) is 10.2. The zero-order valence-corrected chi connectivity index (χ0v) is 13.4. The minimum Gasteiger partial charge on any atom is -0.378 e. The zero-order chi connectivity index (χ0) is 14.7. The molecular weight excluding hydrogens is 248 g/mol. The first kappa shape index (κ1) is 17.5. The Kier molecular flexibility index (Phi) is 8.89. The molecule has 20 heavy (non-hydrogen) atoms. The molecule has 0 aromatic carbocycles. The quantitative estimate of drug-likeness (QED) is 0.509. The molecule has 1 fully saturated rings. The highest BCUT2D eigenvalue weighted by molar-refractivity contribution is 5.03. The van der Waals surface area contributed by atoms with Crippen molar-refractivity contribution in [2.24, 2.45) is 0 Å². The molecule has 0 saturated heterocycles. The lowest BCUT2D eigenvalue weighted by molar-refractivity contribution is 0.0403. The molecule has 1 rings (SSSR count). The summed E-state index contributed by atoms with van der Waals surface area (Å²) in [4.78, 5) is 0. The van der Waals surface area contributed by atoms with Gasteiger partial charge in [0.2, 0.25) is 0 Å². The molecule has 0 aromatic heterocycles. The highest BCUT2D eigenvalue weighted by atomic mass is 16.5. The molecule has 3 heteroatoms. The zero-order valence-electron chi connectivity index (χ0n) is 13.4. The molecule has 0 radical (unpaired) electrons. The number of hydrogen-bond acceptors (Lipinski definition) is 3. The van der Waals surface area contributed by atoms with Crippen molar-refractivity contribution in [3.05, 3.63) is 0 Å². The molecule has 1 atom stereocenters. The highest BCUT2D eigenvalue weighted by Crippen LogP contribution is 2.20. The van der Waals surface area contributed by atoms with Gasteiger partial charge in [-0.2, -0.15) is 5.26 Å². The van der Waals surface area contributed by atoms with Crippen LogP contribution in [-0.2, 0) is 4.74 Å². The number of ether oxygens (including phenoxy) is 1. The summed E-state index contributed by atoms with van der Waals surface area (Å²) in [7, 11) is 0. The van der Waals surface area contributed by atoms with E-state index in [1.54, 1.807) is 0 Å². The molecule has 1 unspecified atom stereocenters. The molecule has 116 valence electrons. The number of nitriles is 1. The molecule has 1 saturated carbocycles. The fraction of sp³-hybridized carbons (Fsp3) is 0.941. The Hall–Kier alpha value is -0.590. The van der Waals surface area contributed by atoms with Crippen LogP contribution >= 0.6 is 0 Å². The van der Waals surface area contributed by atoms with Crippen LogP contribution in [0.25, 0.3) is 0 Å². The molecule has 0 aliphatic heterocycles. The number of rotatable bonds is 9. The molecule has 1 aliphatic rings. The Morgan fingerprint density at radius 3 is 2.50 bits per heavy atom. The molecule has 3 nitrogen and oxygen atoms in total. The van der Waals surface area contributed by atoms with Gasteiger partial charge < -0.3 is 4.74 Å². The monoisotopic (exact) mass is 280 g/mol. The van der Waals surface area contributed by atoms with Gasteiger partial charge in [0.25, 0.3) is 0 Å². The van der Waals surface area contributed by atoms with Crippen molar-refractivity contribution in [3.63, 3.8) is 0 Å². The molecule has 0 aromatic rings. The topological polar surface area (TPSA) is 45.0 Å². The molecule has 0 bridgehead atoms. The van der Waals surface area contributed by atoms with Gasteiger partial charge in [-0.25, -0.2) is 0 Å². The van der Waals surface area contributed by atoms with Crippen LogP contribution in [0.5, 0.6) is 0 Å². The smallest absolute Gasteiger partial charge is 0.103 e. The Morgan fingerprint density at radius 1 is 1.20 bits per heavy atom. The van der Waals surface area contributed by atoms with Crippen LogP contribution in [-0.4, -0.2) is 24.8 Å². The second-order valence-corrected chi connectivity index (χ2v) is 6.31. The van der Waals surface area contributed by atoms with Gasteiger partial charge in [0.15, 0.2) is 0 Å². The highest BCUT2D eigenvalue weighted by Gasteiger charge is 2.21. The van der Waals surface area contributed by atoms with E-state index in [4.69, 9.17) is 4.74 Å². The largest absolute Gasteiger partial charge is 0.378 e. The first-order valence-corrected chi connectivity index (χ1v) is 8.48. The van der Waals surface area contributed by atoms with Gasteiger partial charge in [-0.1, -0.05) is 32.6 Å². The van der Waals surface area contributed by atoms with Crippen LogP contribution in [0.4, 0.5) is 0 Å². The first-order chi connectivity index (χ1) is 9.70. The van der Waals surface area contributed by atoms with Crippen molar-refractivity contribution >= 4 is 0 Å². The van der Waals surface area contributed by atoms with E-state index >= 15 is 0 Å². The van der Waals surface area contributed by atoms with Gasteiger partial charge >= 0.3 is 0 Å². The predicted octanol–water partition coefficient (Wildman–Crippen LogP) is 4.18. The molecule has 0 amide bonds. The number of hydrogen-bond donors (Lipinski definition) is 1. The van der Waals surface area contributed by atoms with Crippen molar-refractivity contribution in [2.45, 2.75) is 89.7 Å². The Balaban J connectivity index is 2.09. The van der Waals surface area contributed by atoms with Gasteiger partial charge in [0.05, 0.1) is 12.2 Å². The van der Waals surface area contributed by atoms with Crippen LogP contribution < -0.4 is 5.32 Å². The van der Waals surface area contributed by atoms with Crippen LogP contribution in [0, 0.1) is 11.3 Å². The lowest BCUT2D eigenvalue weighted by atomic mass is 9.96. The average molecular weight is 280 g/mol. The molecule has 1 N–H and O–H groups in total. The Labute approximate surface area is 125 Å². The molecule has 0 spiro atoms. The maximum atomic E-state index is 9.26. The predicted molar refractivity (Wildman–Crippen MR) is 83.6 cm³/mol. The summed E-state index contributed by atoms with van der Waals surface area (Å²) in [6.07, 6.45) is 12.5. The third kappa shape index (κ3) is 7.26. The molecular formula is C17H32N2O. The Bertz CT molecular complexity index is 279. The van der Waals surface area contributed by atoms with Gasteiger partial charge in [-0.05, 0) is 52.0 Å². The SMILES string of the molecule is CCCNC(C)(C#N)CCCCOC1CCCCCC1. The van der Waals surface area contributed by atoms with E-state index in [0.717, 1.165) is 38.8 Å². The summed E-state index contributed by atoms with van der Waals surface area (Å²) >= 11 is 0. The van der Waals surface area contributed by atoms with Gasteiger partial charge in [-0.15, -0.1) is 0 Å². The summed E-state index contributed by atoms with van der Waals surface area (Å²) in [5.41, 5.74) is -0.363. The average Bonchev–Trinajstić information content (AvgIpc) is 2.73. The minimum absolute atomic E-state index is 0.363. The van der Waals surface area contributed by atoms with Crippen molar-refractivity contribution in [1.82, 2.24) is 5.32 Å². The van der Waals surface area contributed by atoms with Crippen LogP contribution in [0.15, 0.2) is 0 Å². The van der Waals surface area contributed by atoms with Gasteiger partial charge in [-0.3, -0.25) is 5.32 Å².